The molecule has 0 unspecified atom stereocenters. The molecule has 0 radical (unpaired) electrons. The number of anilines is 1. The van der Waals surface area contributed by atoms with E-state index in [2.05, 4.69) is 37.4 Å². The second kappa shape index (κ2) is 5.78. The van der Waals surface area contributed by atoms with E-state index < -0.39 is 0 Å². The number of hydrogen-bond donors (Lipinski definition) is 1. The topological polar surface area (TPSA) is 38.3 Å². The van der Waals surface area contributed by atoms with Gasteiger partial charge in [-0.25, -0.2) is 0 Å². The molecule has 0 heterocycles. The predicted octanol–water partition coefficient (Wildman–Crippen LogP) is 3.94. The predicted molar refractivity (Wildman–Crippen MR) is 82.2 cm³/mol. The van der Waals surface area contributed by atoms with E-state index in [0.717, 1.165) is 11.1 Å². The molecular formula is C17H19NO2. The van der Waals surface area contributed by atoms with Gasteiger partial charge in [0.1, 0.15) is 5.75 Å². The minimum Gasteiger partial charge on any atom is -0.495 e. The second-order valence-electron chi connectivity index (χ2n) is 4.94. The molecule has 0 spiro atoms. The van der Waals surface area contributed by atoms with Gasteiger partial charge < -0.3 is 10.1 Å². The fraction of sp³-hybridized carbons (Fsp3) is 0.235. The number of rotatable bonds is 3. The van der Waals surface area contributed by atoms with Gasteiger partial charge >= 0.3 is 0 Å². The van der Waals surface area contributed by atoms with Crippen molar-refractivity contribution in [2.24, 2.45) is 0 Å². The molecule has 1 amide bonds. The average Bonchev–Trinajstić information content (AvgIpc) is 2.37. The standard InChI is InChI=1S/C17H19NO2/c1-11-8-12(2)10-14(9-11)15-6-5-7-16(20-4)17(15)18-13(3)19/h5-10H,1-4H3,(H,18,19). The van der Waals surface area contributed by atoms with Gasteiger partial charge in [-0.15, -0.1) is 0 Å². The number of carbonyl (C=O) groups excluding carboxylic acids is 1. The Hall–Kier alpha value is -2.29. The highest BCUT2D eigenvalue weighted by molar-refractivity contribution is 5.96. The minimum absolute atomic E-state index is 0.111. The van der Waals surface area contributed by atoms with Crippen LogP contribution in [0.3, 0.4) is 0 Å². The van der Waals surface area contributed by atoms with Crippen molar-refractivity contribution in [1.82, 2.24) is 0 Å². The first kappa shape index (κ1) is 14.1. The van der Waals surface area contributed by atoms with Crippen molar-refractivity contribution < 1.29 is 9.53 Å². The van der Waals surface area contributed by atoms with Crippen LogP contribution in [0.1, 0.15) is 18.1 Å². The van der Waals surface area contributed by atoms with E-state index in [1.165, 1.54) is 18.1 Å². The van der Waals surface area contributed by atoms with Crippen LogP contribution >= 0.6 is 0 Å². The van der Waals surface area contributed by atoms with E-state index in [1.807, 2.05) is 18.2 Å². The highest BCUT2D eigenvalue weighted by Gasteiger charge is 2.12. The molecule has 0 aliphatic heterocycles. The van der Waals surface area contributed by atoms with E-state index in [4.69, 9.17) is 4.74 Å². The van der Waals surface area contributed by atoms with Gasteiger partial charge in [0.2, 0.25) is 5.91 Å². The molecule has 0 bridgehead atoms. The van der Waals surface area contributed by atoms with Crippen LogP contribution in [0.25, 0.3) is 11.1 Å². The molecule has 0 aliphatic rings. The van der Waals surface area contributed by atoms with Gasteiger partial charge in [-0.1, -0.05) is 41.5 Å². The third-order valence-electron chi connectivity index (χ3n) is 3.08. The van der Waals surface area contributed by atoms with E-state index in [-0.39, 0.29) is 5.91 Å². The van der Waals surface area contributed by atoms with Crippen molar-refractivity contribution in [2.75, 3.05) is 12.4 Å². The fourth-order valence-electron chi connectivity index (χ4n) is 2.38. The van der Waals surface area contributed by atoms with Gasteiger partial charge in [0.25, 0.3) is 0 Å². The third-order valence-corrected chi connectivity index (χ3v) is 3.08. The lowest BCUT2D eigenvalue weighted by Crippen LogP contribution is -2.08. The Bertz CT molecular complexity index is 627. The van der Waals surface area contributed by atoms with Crippen molar-refractivity contribution in [3.8, 4) is 16.9 Å². The summed E-state index contributed by atoms with van der Waals surface area (Å²) < 4.78 is 5.35. The Labute approximate surface area is 119 Å². The zero-order chi connectivity index (χ0) is 14.7. The molecule has 0 saturated heterocycles. The van der Waals surface area contributed by atoms with Crippen LogP contribution in [0.5, 0.6) is 5.75 Å². The van der Waals surface area contributed by atoms with Crippen LogP contribution in [-0.2, 0) is 4.79 Å². The molecule has 2 rings (SSSR count). The summed E-state index contributed by atoms with van der Waals surface area (Å²) >= 11 is 0. The summed E-state index contributed by atoms with van der Waals surface area (Å²) in [4.78, 5) is 11.4. The molecule has 0 fully saturated rings. The maximum Gasteiger partial charge on any atom is 0.221 e. The lowest BCUT2D eigenvalue weighted by atomic mass is 9.99. The zero-order valence-electron chi connectivity index (χ0n) is 12.3. The lowest BCUT2D eigenvalue weighted by Gasteiger charge is -2.15. The van der Waals surface area contributed by atoms with Crippen molar-refractivity contribution in [1.29, 1.82) is 0 Å². The largest absolute Gasteiger partial charge is 0.495 e. The van der Waals surface area contributed by atoms with Crippen molar-refractivity contribution in [3.05, 3.63) is 47.5 Å². The van der Waals surface area contributed by atoms with Gasteiger partial charge in [-0.2, -0.15) is 0 Å². The summed E-state index contributed by atoms with van der Waals surface area (Å²) in [7, 11) is 1.60. The first-order chi connectivity index (χ1) is 9.51. The van der Waals surface area contributed by atoms with Crippen LogP contribution in [0.15, 0.2) is 36.4 Å². The zero-order valence-corrected chi connectivity index (χ0v) is 12.3. The van der Waals surface area contributed by atoms with E-state index in [0.29, 0.717) is 11.4 Å². The van der Waals surface area contributed by atoms with Crippen molar-refractivity contribution in [2.45, 2.75) is 20.8 Å². The summed E-state index contributed by atoms with van der Waals surface area (Å²) in [5.74, 6) is 0.553. The van der Waals surface area contributed by atoms with Crippen LogP contribution in [0.2, 0.25) is 0 Å². The SMILES string of the molecule is COc1cccc(-c2cc(C)cc(C)c2)c1NC(C)=O. The second-order valence-corrected chi connectivity index (χ2v) is 4.94. The lowest BCUT2D eigenvalue weighted by molar-refractivity contribution is -0.114. The quantitative estimate of drug-likeness (QED) is 0.916. The van der Waals surface area contributed by atoms with Crippen LogP contribution in [0, 0.1) is 13.8 Å². The molecule has 0 saturated carbocycles. The Balaban J connectivity index is 2.63. The summed E-state index contributed by atoms with van der Waals surface area (Å²) in [6.45, 7) is 5.63. The van der Waals surface area contributed by atoms with Gasteiger partial charge in [-0.05, 0) is 25.5 Å². The Morgan fingerprint density at radius 2 is 1.75 bits per heavy atom. The molecule has 2 aromatic rings. The normalized spacial score (nSPS) is 10.2. The average molecular weight is 269 g/mol. The number of hydrogen-bond acceptors (Lipinski definition) is 2. The van der Waals surface area contributed by atoms with Crippen LogP contribution < -0.4 is 10.1 Å². The van der Waals surface area contributed by atoms with Gasteiger partial charge in [0.15, 0.2) is 0 Å². The van der Waals surface area contributed by atoms with E-state index in [9.17, 15) is 4.79 Å². The Kier molecular flexibility index (Phi) is 4.08. The van der Waals surface area contributed by atoms with Gasteiger partial charge in [0.05, 0.1) is 12.8 Å². The molecule has 20 heavy (non-hydrogen) atoms. The Morgan fingerprint density at radius 3 is 2.30 bits per heavy atom. The molecule has 3 nitrogen and oxygen atoms in total. The first-order valence-electron chi connectivity index (χ1n) is 6.54. The van der Waals surface area contributed by atoms with E-state index >= 15 is 0 Å². The maximum absolute atomic E-state index is 11.4. The van der Waals surface area contributed by atoms with Crippen molar-refractivity contribution in [3.63, 3.8) is 0 Å². The number of carbonyl (C=O) groups is 1. The number of para-hydroxylation sites is 1. The molecule has 0 aromatic heterocycles. The highest BCUT2D eigenvalue weighted by Crippen LogP contribution is 2.36. The van der Waals surface area contributed by atoms with E-state index in [1.54, 1.807) is 7.11 Å². The van der Waals surface area contributed by atoms with Crippen LogP contribution in [0.4, 0.5) is 5.69 Å². The van der Waals surface area contributed by atoms with Crippen LogP contribution in [-0.4, -0.2) is 13.0 Å². The molecule has 3 heteroatoms. The third kappa shape index (κ3) is 2.99. The fourth-order valence-corrected chi connectivity index (χ4v) is 2.38. The number of aryl methyl sites for hydroxylation is 2. The summed E-state index contributed by atoms with van der Waals surface area (Å²) in [5.41, 5.74) is 5.14. The summed E-state index contributed by atoms with van der Waals surface area (Å²) in [5, 5.41) is 2.87. The monoisotopic (exact) mass is 269 g/mol. The number of ether oxygens (including phenoxy) is 1. The first-order valence-corrected chi connectivity index (χ1v) is 6.54. The molecule has 0 atom stereocenters. The molecule has 104 valence electrons. The van der Waals surface area contributed by atoms with Gasteiger partial charge in [-0.3, -0.25) is 4.79 Å². The molecule has 2 aromatic carbocycles. The highest BCUT2D eigenvalue weighted by atomic mass is 16.5. The molecule has 0 aliphatic carbocycles. The number of amides is 1. The summed E-state index contributed by atoms with van der Waals surface area (Å²) in [6, 6.07) is 12.1. The molecular weight excluding hydrogens is 250 g/mol. The minimum atomic E-state index is -0.111. The van der Waals surface area contributed by atoms with Gasteiger partial charge in [0, 0.05) is 12.5 Å². The number of benzene rings is 2. The summed E-state index contributed by atoms with van der Waals surface area (Å²) in [6.07, 6.45) is 0. The number of methoxy groups -OCH3 is 1. The smallest absolute Gasteiger partial charge is 0.221 e. The number of nitrogens with one attached hydrogen (secondary N) is 1. The maximum atomic E-state index is 11.4. The van der Waals surface area contributed by atoms with Crippen molar-refractivity contribution >= 4 is 11.6 Å². The molecule has 1 N–H and O–H groups in total. The Morgan fingerprint density at radius 1 is 1.10 bits per heavy atom.